The van der Waals surface area contributed by atoms with Crippen molar-refractivity contribution in [2.24, 2.45) is 0 Å². The van der Waals surface area contributed by atoms with Crippen molar-refractivity contribution >= 4 is 24.8 Å². The molecule has 0 bridgehead atoms. The zero-order valence-electron chi connectivity index (χ0n) is 17.8. The molecule has 0 saturated carbocycles. The van der Waals surface area contributed by atoms with Crippen molar-refractivity contribution in [3.8, 4) is 17.0 Å². The number of benzene rings is 1. The van der Waals surface area contributed by atoms with E-state index in [1.807, 2.05) is 31.5 Å². The second-order valence-corrected chi connectivity index (χ2v) is 14.2. The fourth-order valence-corrected chi connectivity index (χ4v) is 4.24. The predicted octanol–water partition coefficient (Wildman–Crippen LogP) is 4.98. The van der Waals surface area contributed by atoms with E-state index >= 15 is 0 Å². The number of fused-ring (bicyclic) bond motifs is 3. The van der Waals surface area contributed by atoms with E-state index in [1.165, 1.54) is 0 Å². The molecule has 4 rings (SSSR count). The third kappa shape index (κ3) is 3.93. The molecule has 0 radical (unpaired) electrons. The third-order valence-corrected chi connectivity index (χ3v) is 6.88. The van der Waals surface area contributed by atoms with Crippen LogP contribution in [-0.2, 0) is 11.5 Å². The van der Waals surface area contributed by atoms with Gasteiger partial charge in [0.05, 0.1) is 36.2 Å². The molecule has 1 aromatic carbocycles. The highest BCUT2D eigenvalue weighted by Crippen LogP contribution is 2.30. The number of rotatable bonds is 7. The maximum Gasteiger partial charge on any atom is 0.159 e. The molecule has 0 fully saturated rings. The van der Waals surface area contributed by atoms with Gasteiger partial charge in [0, 0.05) is 14.7 Å². The molecule has 0 N–H and O–H groups in total. The number of imidazole rings is 1. The van der Waals surface area contributed by atoms with E-state index in [0.717, 1.165) is 52.2 Å². The third-order valence-electron chi connectivity index (χ3n) is 5.18. The second-order valence-electron chi connectivity index (χ2n) is 8.57. The van der Waals surface area contributed by atoms with E-state index in [9.17, 15) is 0 Å². The number of hydrogen-bond acceptors (Lipinski definition) is 4. The molecule has 0 amide bonds. The summed E-state index contributed by atoms with van der Waals surface area (Å²) < 4.78 is 15.7. The molecule has 0 aliphatic heterocycles. The minimum absolute atomic E-state index is 0.474. The number of hydrogen-bond donors (Lipinski definition) is 0. The van der Waals surface area contributed by atoms with Crippen molar-refractivity contribution in [3.05, 3.63) is 48.5 Å². The summed E-state index contributed by atoms with van der Waals surface area (Å²) in [7, 11) is 0.550. The summed E-state index contributed by atoms with van der Waals surface area (Å²) in [6, 6.07) is 11.4. The van der Waals surface area contributed by atoms with Gasteiger partial charge in [-0.25, -0.2) is 9.97 Å². The average molecular weight is 409 g/mol. The summed E-state index contributed by atoms with van der Waals surface area (Å²) >= 11 is 0. The molecule has 152 valence electrons. The van der Waals surface area contributed by atoms with Crippen LogP contribution in [0, 0.1) is 6.92 Å². The lowest BCUT2D eigenvalue weighted by atomic mass is 10.1. The van der Waals surface area contributed by atoms with E-state index in [0.29, 0.717) is 6.73 Å². The van der Waals surface area contributed by atoms with E-state index in [1.54, 1.807) is 7.11 Å². The Hall–Kier alpha value is -2.64. The van der Waals surface area contributed by atoms with Crippen molar-refractivity contribution in [2.45, 2.75) is 39.3 Å². The van der Waals surface area contributed by atoms with E-state index in [-0.39, 0.29) is 0 Å². The first-order valence-corrected chi connectivity index (χ1v) is 13.6. The Balaban J connectivity index is 1.78. The zero-order chi connectivity index (χ0) is 20.6. The van der Waals surface area contributed by atoms with Crippen LogP contribution in [0.15, 0.2) is 42.7 Å². The highest BCUT2D eigenvalue weighted by atomic mass is 28.3. The van der Waals surface area contributed by atoms with Gasteiger partial charge in [0.2, 0.25) is 0 Å². The minimum Gasteiger partial charge on any atom is -0.497 e. The highest BCUT2D eigenvalue weighted by Gasteiger charge is 2.17. The lowest BCUT2D eigenvalue weighted by Crippen LogP contribution is -2.22. The summed E-state index contributed by atoms with van der Waals surface area (Å²) in [5, 5.41) is 0. The smallest absolute Gasteiger partial charge is 0.159 e. The van der Waals surface area contributed by atoms with Crippen LogP contribution in [-0.4, -0.2) is 40.7 Å². The maximum absolute atomic E-state index is 6.10. The molecule has 0 aliphatic rings. The molecule has 29 heavy (non-hydrogen) atoms. The van der Waals surface area contributed by atoms with Gasteiger partial charge in [0.15, 0.2) is 5.65 Å². The Kier molecular flexibility index (Phi) is 5.18. The van der Waals surface area contributed by atoms with Crippen LogP contribution in [0.3, 0.4) is 0 Å². The molecule has 6 nitrogen and oxygen atoms in total. The maximum atomic E-state index is 6.10. The summed E-state index contributed by atoms with van der Waals surface area (Å²) in [6.07, 6.45) is 3.73. The van der Waals surface area contributed by atoms with Gasteiger partial charge in [0.1, 0.15) is 18.3 Å². The van der Waals surface area contributed by atoms with Gasteiger partial charge in [-0.1, -0.05) is 19.6 Å². The van der Waals surface area contributed by atoms with Gasteiger partial charge < -0.3 is 14.0 Å². The first kappa shape index (κ1) is 19.7. The first-order valence-electron chi connectivity index (χ1n) is 9.92. The molecule has 4 aromatic rings. The predicted molar refractivity (Wildman–Crippen MR) is 119 cm³/mol. The van der Waals surface area contributed by atoms with Crippen LogP contribution in [0.25, 0.3) is 27.9 Å². The molecule has 3 heterocycles. The van der Waals surface area contributed by atoms with Gasteiger partial charge in [0.25, 0.3) is 0 Å². The van der Waals surface area contributed by atoms with E-state index in [2.05, 4.69) is 51.8 Å². The van der Waals surface area contributed by atoms with Gasteiger partial charge in [-0.3, -0.25) is 4.40 Å². The van der Waals surface area contributed by atoms with Gasteiger partial charge in [-0.2, -0.15) is 0 Å². The SMILES string of the molecule is COc1ccc(-c2cc3c(ncc4cnc(C)n43)n2COCC[Si](C)(C)C)cc1. The number of methoxy groups -OCH3 is 1. The Labute approximate surface area is 172 Å². The quantitative estimate of drug-likeness (QED) is 0.320. The molecule has 0 saturated heterocycles. The van der Waals surface area contributed by atoms with E-state index < -0.39 is 8.07 Å². The summed E-state index contributed by atoms with van der Waals surface area (Å²) in [4.78, 5) is 9.19. The van der Waals surface area contributed by atoms with Crippen molar-refractivity contribution in [2.75, 3.05) is 13.7 Å². The molecule has 0 spiro atoms. The van der Waals surface area contributed by atoms with Crippen molar-refractivity contribution in [1.82, 2.24) is 18.9 Å². The van der Waals surface area contributed by atoms with Crippen molar-refractivity contribution in [1.29, 1.82) is 0 Å². The molecule has 0 atom stereocenters. The van der Waals surface area contributed by atoms with Crippen LogP contribution in [0.2, 0.25) is 25.7 Å². The summed E-state index contributed by atoms with van der Waals surface area (Å²) in [6.45, 7) is 10.4. The topological polar surface area (TPSA) is 53.6 Å². The monoisotopic (exact) mass is 408 g/mol. The number of aryl methyl sites for hydroxylation is 1. The molecular weight excluding hydrogens is 380 g/mol. The van der Waals surface area contributed by atoms with Crippen LogP contribution in [0.5, 0.6) is 5.75 Å². The molecule has 7 heteroatoms. The Bertz CT molecular complexity index is 1140. The fourth-order valence-electron chi connectivity index (χ4n) is 3.48. The standard InChI is InChI=1S/C22H28N4O2Si/c1-16-23-13-18-14-24-22-21(26(16)18)12-20(17-6-8-19(27-2)9-7-17)25(22)15-28-10-11-29(3,4)5/h6-9,12-14H,10-11,15H2,1-5H3. The van der Waals surface area contributed by atoms with Gasteiger partial charge in [-0.15, -0.1) is 0 Å². The van der Waals surface area contributed by atoms with E-state index in [4.69, 9.17) is 14.5 Å². The van der Waals surface area contributed by atoms with Crippen molar-refractivity contribution < 1.29 is 9.47 Å². The first-order chi connectivity index (χ1) is 13.9. The lowest BCUT2D eigenvalue weighted by Gasteiger charge is -2.16. The van der Waals surface area contributed by atoms with Crippen LogP contribution < -0.4 is 4.74 Å². The summed E-state index contributed by atoms with van der Waals surface area (Å²) in [5.74, 6) is 1.79. The fraction of sp³-hybridized carbons (Fsp3) is 0.364. The highest BCUT2D eigenvalue weighted by molar-refractivity contribution is 6.76. The Morgan fingerprint density at radius 2 is 1.76 bits per heavy atom. The Morgan fingerprint density at radius 3 is 2.45 bits per heavy atom. The van der Waals surface area contributed by atoms with Crippen molar-refractivity contribution in [3.63, 3.8) is 0 Å². The largest absolute Gasteiger partial charge is 0.497 e. The van der Waals surface area contributed by atoms with Crippen LogP contribution >= 0.6 is 0 Å². The molecular formula is C22H28N4O2Si. The summed E-state index contributed by atoms with van der Waals surface area (Å²) in [5.41, 5.74) is 5.11. The molecule has 3 aromatic heterocycles. The van der Waals surface area contributed by atoms with Crippen LogP contribution in [0.1, 0.15) is 5.82 Å². The minimum atomic E-state index is -1.13. The second kappa shape index (κ2) is 7.65. The molecule has 0 unspecified atom stereocenters. The number of nitrogens with zero attached hydrogens (tertiary/aromatic N) is 4. The normalized spacial score (nSPS) is 12.2. The molecule has 0 aliphatic carbocycles. The van der Waals surface area contributed by atoms with Gasteiger partial charge >= 0.3 is 0 Å². The van der Waals surface area contributed by atoms with Crippen LogP contribution in [0.4, 0.5) is 0 Å². The number of aromatic nitrogens is 4. The van der Waals surface area contributed by atoms with Gasteiger partial charge in [-0.05, 0) is 48.9 Å². The average Bonchev–Trinajstić information content (AvgIpc) is 3.25. The lowest BCUT2D eigenvalue weighted by molar-refractivity contribution is 0.0909. The zero-order valence-corrected chi connectivity index (χ0v) is 18.8. The Morgan fingerprint density at radius 1 is 1.03 bits per heavy atom. The number of ether oxygens (including phenoxy) is 2.